The summed E-state index contributed by atoms with van der Waals surface area (Å²) in [5.74, 6) is -0.241. The van der Waals surface area contributed by atoms with Gasteiger partial charge in [0.25, 0.3) is 0 Å². The number of hydrogen-bond acceptors (Lipinski definition) is 1. The van der Waals surface area contributed by atoms with E-state index in [4.69, 9.17) is 0 Å². The van der Waals surface area contributed by atoms with Crippen molar-refractivity contribution in [1.29, 1.82) is 0 Å². The molecule has 88 valence electrons. The fourth-order valence-electron chi connectivity index (χ4n) is 1.89. The first kappa shape index (κ1) is 12.1. The Morgan fingerprint density at radius 3 is 2.82 bits per heavy atom. The maximum atomic E-state index is 13.1. The fourth-order valence-corrected chi connectivity index (χ4v) is 2.44. The third kappa shape index (κ3) is 2.34. The molecule has 0 radical (unpaired) electrons. The zero-order valence-electron chi connectivity index (χ0n) is 9.58. The second kappa shape index (κ2) is 4.88. The van der Waals surface area contributed by atoms with E-state index in [1.54, 1.807) is 6.07 Å². The van der Waals surface area contributed by atoms with Crippen molar-refractivity contribution in [3.63, 3.8) is 0 Å². The lowest BCUT2D eigenvalue weighted by Gasteiger charge is -2.29. The third-order valence-corrected chi connectivity index (χ3v) is 3.36. The molecule has 0 aliphatic carbocycles. The summed E-state index contributed by atoms with van der Waals surface area (Å²) in [6.07, 6.45) is 5.93. The topological polar surface area (TPSA) is 3.24 Å². The van der Waals surface area contributed by atoms with Crippen LogP contribution in [0.2, 0.25) is 0 Å². The van der Waals surface area contributed by atoms with Crippen LogP contribution in [0.15, 0.2) is 53.2 Å². The Morgan fingerprint density at radius 1 is 1.41 bits per heavy atom. The normalized spacial score (nSPS) is 15.1. The van der Waals surface area contributed by atoms with Crippen molar-refractivity contribution in [2.24, 2.45) is 0 Å². The molecule has 1 aliphatic heterocycles. The van der Waals surface area contributed by atoms with E-state index in [1.165, 1.54) is 12.1 Å². The fraction of sp³-hybridized carbons (Fsp3) is 0.143. The monoisotopic (exact) mass is 293 g/mol. The van der Waals surface area contributed by atoms with Gasteiger partial charge < -0.3 is 4.90 Å². The van der Waals surface area contributed by atoms with Gasteiger partial charge in [-0.05, 0) is 53.2 Å². The number of hydrogen-bond donors (Lipinski definition) is 0. The molecule has 0 spiro atoms. The molecule has 0 fully saturated rings. The predicted molar refractivity (Wildman–Crippen MR) is 72.7 cm³/mol. The van der Waals surface area contributed by atoms with Crippen molar-refractivity contribution < 1.29 is 4.39 Å². The van der Waals surface area contributed by atoms with Gasteiger partial charge in [-0.15, -0.1) is 0 Å². The largest absolute Gasteiger partial charge is 0.342 e. The van der Waals surface area contributed by atoms with Gasteiger partial charge in [-0.3, -0.25) is 0 Å². The van der Waals surface area contributed by atoms with Crippen LogP contribution in [0, 0.1) is 5.82 Å². The van der Waals surface area contributed by atoms with Gasteiger partial charge >= 0.3 is 0 Å². The van der Waals surface area contributed by atoms with Crippen LogP contribution in [0.5, 0.6) is 0 Å². The van der Waals surface area contributed by atoms with Crippen LogP contribution in [0.1, 0.15) is 12.5 Å². The maximum absolute atomic E-state index is 13.1. The number of allylic oxidation sites excluding steroid dienone is 3. The van der Waals surface area contributed by atoms with E-state index < -0.39 is 0 Å². The standard InChI is InChI=1S/C14H13BrFN/c1-3-17-10(2)5-4-6-14(17)12-8-7-11(16)9-13(12)15/h4-9H,2-3H2,1H3. The van der Waals surface area contributed by atoms with Gasteiger partial charge in [0.15, 0.2) is 0 Å². The van der Waals surface area contributed by atoms with Crippen LogP contribution in [-0.2, 0) is 0 Å². The van der Waals surface area contributed by atoms with E-state index in [0.29, 0.717) is 0 Å². The van der Waals surface area contributed by atoms with E-state index in [1.807, 2.05) is 18.2 Å². The van der Waals surface area contributed by atoms with E-state index in [2.05, 4.69) is 34.3 Å². The van der Waals surface area contributed by atoms with Crippen LogP contribution in [0.4, 0.5) is 4.39 Å². The molecule has 0 atom stereocenters. The Labute approximate surface area is 109 Å². The molecule has 0 aromatic heterocycles. The quantitative estimate of drug-likeness (QED) is 0.784. The maximum Gasteiger partial charge on any atom is 0.124 e. The highest BCUT2D eigenvalue weighted by atomic mass is 79.9. The molecule has 3 heteroatoms. The first-order chi connectivity index (χ1) is 8.13. The lowest BCUT2D eigenvalue weighted by Crippen LogP contribution is -2.21. The summed E-state index contributed by atoms with van der Waals surface area (Å²) >= 11 is 3.40. The lowest BCUT2D eigenvalue weighted by atomic mass is 10.1. The molecular formula is C14H13BrFN. The summed E-state index contributed by atoms with van der Waals surface area (Å²) < 4.78 is 13.8. The number of likely N-dealkylation sites (N-methyl/N-ethyl adjacent to an activating group) is 1. The van der Waals surface area contributed by atoms with E-state index in [9.17, 15) is 4.39 Å². The minimum atomic E-state index is -0.241. The van der Waals surface area contributed by atoms with Crippen LogP contribution in [-0.4, -0.2) is 11.4 Å². The van der Waals surface area contributed by atoms with Crippen molar-refractivity contribution in [2.75, 3.05) is 6.54 Å². The number of benzene rings is 1. The SMILES string of the molecule is C=C1C=CC=C(c2ccc(F)cc2Br)N1CC. The van der Waals surface area contributed by atoms with Gasteiger partial charge in [0.2, 0.25) is 0 Å². The van der Waals surface area contributed by atoms with Crippen LogP contribution in [0.25, 0.3) is 5.70 Å². The minimum absolute atomic E-state index is 0.241. The summed E-state index contributed by atoms with van der Waals surface area (Å²) in [6.45, 7) is 6.90. The summed E-state index contributed by atoms with van der Waals surface area (Å²) in [4.78, 5) is 2.10. The Balaban J connectivity index is 2.48. The Bertz CT molecular complexity index is 517. The Kier molecular flexibility index (Phi) is 3.48. The minimum Gasteiger partial charge on any atom is -0.342 e. The molecule has 17 heavy (non-hydrogen) atoms. The molecule has 0 saturated carbocycles. The molecule has 0 N–H and O–H groups in total. The molecule has 0 saturated heterocycles. The highest BCUT2D eigenvalue weighted by Crippen LogP contribution is 2.31. The third-order valence-electron chi connectivity index (χ3n) is 2.70. The van der Waals surface area contributed by atoms with Gasteiger partial charge in [0.1, 0.15) is 5.82 Å². The summed E-state index contributed by atoms with van der Waals surface area (Å²) in [6, 6.07) is 4.72. The van der Waals surface area contributed by atoms with Crippen molar-refractivity contribution in [3.05, 3.63) is 64.6 Å². The lowest BCUT2D eigenvalue weighted by molar-refractivity contribution is 0.530. The second-order valence-electron chi connectivity index (χ2n) is 3.77. The Hall–Kier alpha value is -1.35. The second-order valence-corrected chi connectivity index (χ2v) is 4.63. The molecule has 1 aliphatic rings. The van der Waals surface area contributed by atoms with E-state index >= 15 is 0 Å². The highest BCUT2D eigenvalue weighted by Gasteiger charge is 2.16. The highest BCUT2D eigenvalue weighted by molar-refractivity contribution is 9.10. The predicted octanol–water partition coefficient (Wildman–Crippen LogP) is 4.33. The molecule has 1 nitrogen and oxygen atoms in total. The van der Waals surface area contributed by atoms with E-state index in [-0.39, 0.29) is 5.82 Å². The van der Waals surface area contributed by atoms with Crippen LogP contribution in [0.3, 0.4) is 0 Å². The smallest absolute Gasteiger partial charge is 0.124 e. The van der Waals surface area contributed by atoms with Crippen molar-refractivity contribution in [3.8, 4) is 0 Å². The van der Waals surface area contributed by atoms with Crippen molar-refractivity contribution in [2.45, 2.75) is 6.92 Å². The molecule has 0 amide bonds. The molecule has 1 aromatic carbocycles. The van der Waals surface area contributed by atoms with Crippen LogP contribution >= 0.6 is 15.9 Å². The summed E-state index contributed by atoms with van der Waals surface area (Å²) in [5.41, 5.74) is 2.95. The first-order valence-corrected chi connectivity index (χ1v) is 6.23. The number of rotatable bonds is 2. The molecule has 0 unspecified atom stereocenters. The van der Waals surface area contributed by atoms with Gasteiger partial charge in [-0.25, -0.2) is 4.39 Å². The Morgan fingerprint density at radius 2 is 2.18 bits per heavy atom. The number of halogens is 2. The zero-order chi connectivity index (χ0) is 12.4. The molecule has 1 aromatic rings. The van der Waals surface area contributed by atoms with Crippen LogP contribution < -0.4 is 0 Å². The van der Waals surface area contributed by atoms with Gasteiger partial charge in [0.05, 0.1) is 0 Å². The molecule has 1 heterocycles. The molecule has 0 bridgehead atoms. The molecule has 2 rings (SSSR count). The summed E-state index contributed by atoms with van der Waals surface area (Å²) in [7, 11) is 0. The number of nitrogens with zero attached hydrogens (tertiary/aromatic N) is 1. The molecular weight excluding hydrogens is 281 g/mol. The average molecular weight is 294 g/mol. The van der Waals surface area contributed by atoms with Gasteiger partial charge in [-0.1, -0.05) is 12.7 Å². The van der Waals surface area contributed by atoms with Crippen molar-refractivity contribution in [1.82, 2.24) is 4.90 Å². The first-order valence-electron chi connectivity index (χ1n) is 5.43. The average Bonchev–Trinajstić information content (AvgIpc) is 2.29. The van der Waals surface area contributed by atoms with Gasteiger partial charge in [0, 0.05) is 28.0 Å². The van der Waals surface area contributed by atoms with Gasteiger partial charge in [-0.2, -0.15) is 0 Å². The zero-order valence-corrected chi connectivity index (χ0v) is 11.2. The van der Waals surface area contributed by atoms with E-state index in [0.717, 1.165) is 28.0 Å². The van der Waals surface area contributed by atoms with Crippen molar-refractivity contribution >= 4 is 21.6 Å². The summed E-state index contributed by atoms with van der Waals surface area (Å²) in [5, 5.41) is 0.